The second-order valence-corrected chi connectivity index (χ2v) is 6.13. The minimum absolute atomic E-state index is 0.103. The summed E-state index contributed by atoms with van der Waals surface area (Å²) in [5, 5.41) is 2.78. The van der Waals surface area contributed by atoms with Gasteiger partial charge in [-0.1, -0.05) is 19.9 Å². The van der Waals surface area contributed by atoms with Crippen LogP contribution in [-0.2, 0) is 16.1 Å². The SMILES string of the molecule is Cc1nccn1-c1ccc(CNC(=O)CCOCC(C)C)cc1F. The van der Waals surface area contributed by atoms with Crippen molar-refractivity contribution in [1.29, 1.82) is 0 Å². The molecule has 0 saturated heterocycles. The molecule has 1 aromatic heterocycles. The van der Waals surface area contributed by atoms with Gasteiger partial charge in [-0.15, -0.1) is 0 Å². The lowest BCUT2D eigenvalue weighted by Gasteiger charge is -2.10. The van der Waals surface area contributed by atoms with Crippen molar-refractivity contribution in [2.75, 3.05) is 13.2 Å². The third-order valence-electron chi connectivity index (χ3n) is 3.51. The van der Waals surface area contributed by atoms with Crippen molar-refractivity contribution < 1.29 is 13.9 Å². The fourth-order valence-corrected chi connectivity index (χ4v) is 2.26. The van der Waals surface area contributed by atoms with E-state index in [2.05, 4.69) is 24.1 Å². The molecule has 0 spiro atoms. The summed E-state index contributed by atoms with van der Waals surface area (Å²) < 4.78 is 21.3. The number of imidazole rings is 1. The molecule has 0 aliphatic heterocycles. The number of amides is 1. The van der Waals surface area contributed by atoms with Crippen LogP contribution >= 0.6 is 0 Å². The van der Waals surface area contributed by atoms with Crippen LogP contribution in [0.1, 0.15) is 31.7 Å². The summed E-state index contributed by atoms with van der Waals surface area (Å²) in [6.45, 7) is 7.27. The van der Waals surface area contributed by atoms with Gasteiger partial charge in [0, 0.05) is 32.0 Å². The number of aryl methyl sites for hydroxylation is 1. The first kappa shape index (κ1) is 18.1. The van der Waals surface area contributed by atoms with Gasteiger partial charge in [-0.05, 0) is 30.5 Å². The molecule has 0 bridgehead atoms. The predicted octanol–water partition coefficient (Wildman–Crippen LogP) is 3.00. The van der Waals surface area contributed by atoms with Gasteiger partial charge in [0.15, 0.2) is 0 Å². The average Bonchev–Trinajstić information content (AvgIpc) is 2.95. The number of halogens is 1. The van der Waals surface area contributed by atoms with E-state index in [4.69, 9.17) is 4.74 Å². The van der Waals surface area contributed by atoms with Gasteiger partial charge in [-0.25, -0.2) is 9.37 Å². The molecule has 0 saturated carbocycles. The number of aromatic nitrogens is 2. The lowest BCUT2D eigenvalue weighted by atomic mass is 10.2. The van der Waals surface area contributed by atoms with Gasteiger partial charge in [0.25, 0.3) is 0 Å². The van der Waals surface area contributed by atoms with E-state index in [9.17, 15) is 9.18 Å². The normalized spacial score (nSPS) is 11.0. The third-order valence-corrected chi connectivity index (χ3v) is 3.51. The van der Waals surface area contributed by atoms with E-state index in [1.54, 1.807) is 29.1 Å². The van der Waals surface area contributed by atoms with Crippen LogP contribution in [0.4, 0.5) is 4.39 Å². The number of ether oxygens (including phenoxy) is 1. The summed E-state index contributed by atoms with van der Waals surface area (Å²) in [4.78, 5) is 15.8. The maximum atomic E-state index is 14.3. The number of carbonyl (C=O) groups is 1. The van der Waals surface area contributed by atoms with Crippen LogP contribution in [0.2, 0.25) is 0 Å². The Morgan fingerprint density at radius 3 is 2.83 bits per heavy atom. The van der Waals surface area contributed by atoms with E-state index in [0.717, 1.165) is 5.82 Å². The molecule has 2 rings (SSSR count). The summed E-state index contributed by atoms with van der Waals surface area (Å²) in [6.07, 6.45) is 3.65. The topological polar surface area (TPSA) is 56.2 Å². The van der Waals surface area contributed by atoms with Crippen molar-refractivity contribution in [3.8, 4) is 5.69 Å². The summed E-state index contributed by atoms with van der Waals surface area (Å²) in [5.74, 6) is 0.724. The van der Waals surface area contributed by atoms with Gasteiger partial charge in [0.2, 0.25) is 5.91 Å². The van der Waals surface area contributed by atoms with Crippen molar-refractivity contribution >= 4 is 5.91 Å². The number of nitrogens with one attached hydrogen (secondary N) is 1. The van der Waals surface area contributed by atoms with Gasteiger partial charge < -0.3 is 14.6 Å². The number of rotatable bonds is 8. The maximum Gasteiger partial charge on any atom is 0.222 e. The fourth-order valence-electron chi connectivity index (χ4n) is 2.26. The first-order valence-electron chi connectivity index (χ1n) is 8.10. The van der Waals surface area contributed by atoms with Gasteiger partial charge in [0.1, 0.15) is 11.6 Å². The zero-order valence-corrected chi connectivity index (χ0v) is 14.4. The Morgan fingerprint density at radius 2 is 2.21 bits per heavy atom. The van der Waals surface area contributed by atoms with Gasteiger partial charge in [-0.3, -0.25) is 4.79 Å². The van der Waals surface area contributed by atoms with Crippen LogP contribution in [0.5, 0.6) is 0 Å². The highest BCUT2D eigenvalue weighted by Crippen LogP contribution is 2.16. The Hall–Kier alpha value is -2.21. The van der Waals surface area contributed by atoms with E-state index in [1.807, 2.05) is 6.92 Å². The fraction of sp³-hybridized carbons (Fsp3) is 0.444. The Morgan fingerprint density at radius 1 is 1.42 bits per heavy atom. The standard InChI is InChI=1S/C18H24FN3O2/c1-13(2)12-24-9-6-18(23)21-11-15-4-5-17(16(19)10-15)22-8-7-20-14(22)3/h4-5,7-8,10,13H,6,9,11-12H2,1-3H3,(H,21,23). The summed E-state index contributed by atoms with van der Waals surface area (Å²) in [7, 11) is 0. The van der Waals surface area contributed by atoms with Crippen LogP contribution < -0.4 is 5.32 Å². The van der Waals surface area contributed by atoms with Crippen LogP contribution in [0.15, 0.2) is 30.6 Å². The third kappa shape index (κ3) is 5.16. The summed E-state index contributed by atoms with van der Waals surface area (Å²) in [6, 6.07) is 4.93. The molecule has 0 aliphatic rings. The number of benzene rings is 1. The van der Waals surface area contributed by atoms with Crippen molar-refractivity contribution in [1.82, 2.24) is 14.9 Å². The molecule has 2 aromatic rings. The molecule has 0 radical (unpaired) electrons. The Bertz CT molecular complexity index is 683. The highest BCUT2D eigenvalue weighted by atomic mass is 19.1. The van der Waals surface area contributed by atoms with Gasteiger partial charge in [-0.2, -0.15) is 0 Å². The Kier molecular flexibility index (Phi) is 6.49. The molecule has 0 atom stereocenters. The Labute approximate surface area is 141 Å². The van der Waals surface area contributed by atoms with Gasteiger partial charge >= 0.3 is 0 Å². The first-order chi connectivity index (χ1) is 11.5. The van der Waals surface area contributed by atoms with Crippen molar-refractivity contribution in [2.45, 2.75) is 33.7 Å². The number of nitrogens with zero attached hydrogens (tertiary/aromatic N) is 2. The van der Waals surface area contributed by atoms with Crippen molar-refractivity contribution in [3.63, 3.8) is 0 Å². The molecule has 0 fully saturated rings. The molecule has 1 heterocycles. The average molecular weight is 333 g/mol. The van der Waals surface area contributed by atoms with E-state index in [0.29, 0.717) is 43.3 Å². The first-order valence-corrected chi connectivity index (χ1v) is 8.10. The lowest BCUT2D eigenvalue weighted by molar-refractivity contribution is -0.122. The van der Waals surface area contributed by atoms with Gasteiger partial charge in [0.05, 0.1) is 12.3 Å². The maximum absolute atomic E-state index is 14.3. The van der Waals surface area contributed by atoms with E-state index >= 15 is 0 Å². The van der Waals surface area contributed by atoms with E-state index in [1.165, 1.54) is 6.07 Å². The molecule has 1 amide bonds. The minimum Gasteiger partial charge on any atom is -0.381 e. The van der Waals surface area contributed by atoms with Crippen LogP contribution in [0.25, 0.3) is 5.69 Å². The highest BCUT2D eigenvalue weighted by Gasteiger charge is 2.09. The van der Waals surface area contributed by atoms with Crippen molar-refractivity contribution in [3.05, 3.63) is 47.8 Å². The number of hydrogen-bond donors (Lipinski definition) is 1. The van der Waals surface area contributed by atoms with Crippen molar-refractivity contribution in [2.24, 2.45) is 5.92 Å². The second kappa shape index (κ2) is 8.59. The second-order valence-electron chi connectivity index (χ2n) is 6.13. The molecule has 1 N–H and O–H groups in total. The van der Waals surface area contributed by atoms with Crippen LogP contribution in [0, 0.1) is 18.7 Å². The summed E-state index contributed by atoms with van der Waals surface area (Å²) in [5.41, 5.74) is 1.16. The molecular formula is C18H24FN3O2. The monoisotopic (exact) mass is 333 g/mol. The van der Waals surface area contributed by atoms with E-state index in [-0.39, 0.29) is 11.7 Å². The molecule has 0 unspecified atom stereocenters. The zero-order chi connectivity index (χ0) is 17.5. The van der Waals surface area contributed by atoms with Crippen LogP contribution in [0.3, 0.4) is 0 Å². The number of hydrogen-bond acceptors (Lipinski definition) is 3. The van der Waals surface area contributed by atoms with E-state index < -0.39 is 0 Å². The quantitative estimate of drug-likeness (QED) is 0.756. The molecular weight excluding hydrogens is 309 g/mol. The zero-order valence-electron chi connectivity index (χ0n) is 14.4. The van der Waals surface area contributed by atoms with Crippen LogP contribution in [-0.4, -0.2) is 28.7 Å². The summed E-state index contributed by atoms with van der Waals surface area (Å²) >= 11 is 0. The molecule has 1 aromatic carbocycles. The lowest BCUT2D eigenvalue weighted by Crippen LogP contribution is -2.24. The minimum atomic E-state index is -0.344. The molecule has 130 valence electrons. The molecule has 6 heteroatoms. The number of carbonyl (C=O) groups excluding carboxylic acids is 1. The Balaban J connectivity index is 1.84. The molecule has 0 aliphatic carbocycles. The molecule has 5 nitrogen and oxygen atoms in total. The largest absolute Gasteiger partial charge is 0.381 e. The smallest absolute Gasteiger partial charge is 0.222 e. The highest BCUT2D eigenvalue weighted by molar-refractivity contribution is 5.75. The predicted molar refractivity (Wildman–Crippen MR) is 90.4 cm³/mol. The molecule has 24 heavy (non-hydrogen) atoms.